The number of aromatic nitrogens is 4. The van der Waals surface area contributed by atoms with Crippen molar-refractivity contribution in [2.45, 2.75) is 19.8 Å². The maximum Gasteiger partial charge on any atom is 0.375 e. The van der Waals surface area contributed by atoms with Crippen LogP contribution in [0.2, 0.25) is 0 Å². The fourth-order valence-electron chi connectivity index (χ4n) is 2.22. The number of carboxylic acid groups (broad SMARTS) is 1. The molecular weight excluding hydrogens is 260 g/mol. The van der Waals surface area contributed by atoms with E-state index in [1.165, 1.54) is 0 Å². The Morgan fingerprint density at radius 2 is 2.25 bits per heavy atom. The Hall–Kier alpha value is -2.70. The number of aryl methyl sites for hydroxylation is 1. The fraction of sp³-hybridized carbons (Fsp3) is 0.231. The third kappa shape index (κ3) is 1.83. The molecule has 2 aromatic heterocycles. The largest absolute Gasteiger partial charge is 0.475 e. The molecule has 3 aromatic rings. The summed E-state index contributed by atoms with van der Waals surface area (Å²) in [6, 6.07) is 5.65. The number of H-pyrrole nitrogens is 1. The first-order chi connectivity index (χ1) is 9.60. The minimum Gasteiger partial charge on any atom is -0.475 e. The lowest BCUT2D eigenvalue weighted by Gasteiger charge is -2.03. The number of hydrogen-bond acceptors (Lipinski definition) is 4. The first kappa shape index (κ1) is 12.3. The predicted octanol–water partition coefficient (Wildman–Crippen LogP) is 1.22. The van der Waals surface area contributed by atoms with Crippen LogP contribution in [0.1, 0.15) is 29.5 Å². The number of nitrogens with one attached hydrogen (secondary N) is 1. The second-order valence-corrected chi connectivity index (χ2v) is 4.54. The van der Waals surface area contributed by atoms with Crippen molar-refractivity contribution in [2.24, 2.45) is 0 Å². The van der Waals surface area contributed by atoms with Gasteiger partial charge in [0.1, 0.15) is 0 Å². The highest BCUT2D eigenvalue weighted by atomic mass is 16.4. The second-order valence-electron chi connectivity index (χ2n) is 4.54. The summed E-state index contributed by atoms with van der Waals surface area (Å²) in [6.45, 7) is 2.08. The molecule has 0 aliphatic carbocycles. The molecule has 2 heterocycles. The zero-order valence-electron chi connectivity index (χ0n) is 10.8. The molecule has 0 aliphatic heterocycles. The first-order valence-corrected chi connectivity index (χ1v) is 6.25. The van der Waals surface area contributed by atoms with Gasteiger partial charge in [0.05, 0.1) is 5.52 Å². The minimum absolute atomic E-state index is 0.263. The number of benzene rings is 1. The maximum atomic E-state index is 11.9. The van der Waals surface area contributed by atoms with Gasteiger partial charge in [0, 0.05) is 5.39 Å². The standard InChI is InChI=1S/C13H12N4O3/c1-2-3-7-4-5-9-8(6-7)11-15-10(12(18)19)16-17(11)13(20)14-9/h4-6H,2-3H2,1H3,(H,14,20)(H,18,19). The van der Waals surface area contributed by atoms with Gasteiger partial charge in [-0.1, -0.05) is 19.4 Å². The Labute approximate surface area is 112 Å². The topological polar surface area (TPSA) is 100 Å². The van der Waals surface area contributed by atoms with E-state index in [0.717, 1.165) is 22.9 Å². The molecule has 0 atom stereocenters. The van der Waals surface area contributed by atoms with Gasteiger partial charge in [0.25, 0.3) is 5.82 Å². The lowest BCUT2D eigenvalue weighted by atomic mass is 10.1. The molecule has 0 fully saturated rings. The van der Waals surface area contributed by atoms with E-state index < -0.39 is 11.7 Å². The van der Waals surface area contributed by atoms with Crippen LogP contribution in [0.25, 0.3) is 16.6 Å². The van der Waals surface area contributed by atoms with Gasteiger partial charge in [0.2, 0.25) is 0 Å². The number of fused-ring (bicyclic) bond motifs is 3. The number of rotatable bonds is 3. The van der Waals surface area contributed by atoms with Crippen molar-refractivity contribution in [3.05, 3.63) is 40.1 Å². The molecule has 0 saturated heterocycles. The van der Waals surface area contributed by atoms with Crippen molar-refractivity contribution in [2.75, 3.05) is 0 Å². The van der Waals surface area contributed by atoms with Crippen LogP contribution in [0.15, 0.2) is 23.0 Å². The lowest BCUT2D eigenvalue weighted by Crippen LogP contribution is -2.17. The lowest BCUT2D eigenvalue weighted by molar-refractivity contribution is 0.0684. The summed E-state index contributed by atoms with van der Waals surface area (Å²) in [5.74, 6) is -1.64. The van der Waals surface area contributed by atoms with Crippen molar-refractivity contribution in [3.8, 4) is 0 Å². The summed E-state index contributed by atoms with van der Waals surface area (Å²) >= 11 is 0. The Kier molecular flexibility index (Phi) is 2.74. The molecule has 0 aliphatic rings. The number of aromatic amines is 1. The molecule has 0 amide bonds. The average molecular weight is 272 g/mol. The van der Waals surface area contributed by atoms with Gasteiger partial charge in [0.15, 0.2) is 5.65 Å². The van der Waals surface area contributed by atoms with Crippen molar-refractivity contribution in [1.29, 1.82) is 0 Å². The van der Waals surface area contributed by atoms with Crippen molar-refractivity contribution in [3.63, 3.8) is 0 Å². The van der Waals surface area contributed by atoms with Crippen LogP contribution in [0.3, 0.4) is 0 Å². The highest BCUT2D eigenvalue weighted by molar-refractivity contribution is 5.93. The molecule has 102 valence electrons. The summed E-state index contributed by atoms with van der Waals surface area (Å²) in [4.78, 5) is 29.4. The summed E-state index contributed by atoms with van der Waals surface area (Å²) in [6.07, 6.45) is 1.90. The van der Waals surface area contributed by atoms with E-state index in [9.17, 15) is 9.59 Å². The Morgan fingerprint density at radius 3 is 2.95 bits per heavy atom. The van der Waals surface area contributed by atoms with Gasteiger partial charge in [-0.05, 0) is 24.1 Å². The molecule has 7 nitrogen and oxygen atoms in total. The van der Waals surface area contributed by atoms with Gasteiger partial charge in [-0.3, -0.25) is 0 Å². The van der Waals surface area contributed by atoms with Crippen LogP contribution in [0.5, 0.6) is 0 Å². The first-order valence-electron chi connectivity index (χ1n) is 6.25. The zero-order chi connectivity index (χ0) is 14.3. The monoisotopic (exact) mass is 272 g/mol. The minimum atomic E-state index is -1.26. The van der Waals surface area contributed by atoms with Crippen molar-refractivity contribution in [1.82, 2.24) is 19.6 Å². The quantitative estimate of drug-likeness (QED) is 0.746. The van der Waals surface area contributed by atoms with Crippen LogP contribution in [-0.4, -0.2) is 30.7 Å². The molecule has 0 bridgehead atoms. The fourth-order valence-corrected chi connectivity index (χ4v) is 2.22. The van der Waals surface area contributed by atoms with Gasteiger partial charge in [-0.25, -0.2) is 14.6 Å². The Morgan fingerprint density at radius 1 is 1.45 bits per heavy atom. The summed E-state index contributed by atoms with van der Waals surface area (Å²) in [7, 11) is 0. The van der Waals surface area contributed by atoms with Crippen molar-refractivity contribution >= 4 is 22.5 Å². The number of carboxylic acids is 1. The molecule has 3 rings (SSSR count). The Bertz CT molecular complexity index is 878. The molecule has 2 N–H and O–H groups in total. The summed E-state index contributed by atoms with van der Waals surface area (Å²) < 4.78 is 0.988. The molecule has 0 radical (unpaired) electrons. The smallest absolute Gasteiger partial charge is 0.375 e. The highest BCUT2D eigenvalue weighted by Gasteiger charge is 2.15. The van der Waals surface area contributed by atoms with E-state index in [4.69, 9.17) is 5.11 Å². The van der Waals surface area contributed by atoms with Crippen LogP contribution in [0.4, 0.5) is 0 Å². The molecule has 0 saturated carbocycles. The molecule has 20 heavy (non-hydrogen) atoms. The second kappa shape index (κ2) is 4.44. The van der Waals surface area contributed by atoms with Gasteiger partial charge in [-0.15, -0.1) is 5.10 Å². The molecule has 0 spiro atoms. The van der Waals surface area contributed by atoms with E-state index in [-0.39, 0.29) is 11.5 Å². The molecule has 7 heteroatoms. The SMILES string of the molecule is CCCc1ccc2[nH]c(=O)n3nc(C(=O)O)nc3c2c1. The van der Waals surface area contributed by atoms with Crippen LogP contribution in [-0.2, 0) is 6.42 Å². The average Bonchev–Trinajstić information content (AvgIpc) is 2.86. The van der Waals surface area contributed by atoms with Crippen LogP contribution in [0, 0.1) is 0 Å². The number of carbonyl (C=O) groups is 1. The van der Waals surface area contributed by atoms with E-state index >= 15 is 0 Å². The molecule has 0 unspecified atom stereocenters. The van der Waals surface area contributed by atoms with Crippen LogP contribution >= 0.6 is 0 Å². The van der Waals surface area contributed by atoms with E-state index in [1.807, 2.05) is 12.1 Å². The molecular formula is C13H12N4O3. The van der Waals surface area contributed by atoms with Gasteiger partial charge < -0.3 is 10.1 Å². The number of nitrogens with zero attached hydrogens (tertiary/aromatic N) is 3. The number of aromatic carboxylic acids is 1. The molecule has 1 aromatic carbocycles. The third-order valence-electron chi connectivity index (χ3n) is 3.10. The summed E-state index contributed by atoms with van der Waals surface area (Å²) in [5, 5.41) is 13.3. The van der Waals surface area contributed by atoms with E-state index in [0.29, 0.717) is 10.9 Å². The normalized spacial score (nSPS) is 11.2. The van der Waals surface area contributed by atoms with E-state index in [1.54, 1.807) is 6.07 Å². The Balaban J connectivity index is 2.39. The predicted molar refractivity (Wildman–Crippen MR) is 72.1 cm³/mol. The number of hydrogen-bond donors (Lipinski definition) is 2. The maximum absolute atomic E-state index is 11.9. The van der Waals surface area contributed by atoms with E-state index in [2.05, 4.69) is 22.0 Å². The zero-order valence-corrected chi connectivity index (χ0v) is 10.8. The highest BCUT2D eigenvalue weighted by Crippen LogP contribution is 2.18. The summed E-state index contributed by atoms with van der Waals surface area (Å²) in [5.41, 5.74) is 1.48. The van der Waals surface area contributed by atoms with Gasteiger partial charge >= 0.3 is 11.7 Å². The van der Waals surface area contributed by atoms with Gasteiger partial charge in [-0.2, -0.15) is 4.52 Å². The third-order valence-corrected chi connectivity index (χ3v) is 3.10. The van der Waals surface area contributed by atoms with Crippen LogP contribution < -0.4 is 5.69 Å². The van der Waals surface area contributed by atoms with Crippen molar-refractivity contribution < 1.29 is 9.90 Å².